The lowest BCUT2D eigenvalue weighted by Gasteiger charge is -2.16. The molecule has 0 saturated heterocycles. The van der Waals surface area contributed by atoms with Crippen molar-refractivity contribution >= 4 is 0 Å². The van der Waals surface area contributed by atoms with Crippen LogP contribution in [0.3, 0.4) is 0 Å². The predicted octanol–water partition coefficient (Wildman–Crippen LogP) is 2.54. The molecule has 0 spiro atoms. The lowest BCUT2D eigenvalue weighted by molar-refractivity contribution is 0.543. The highest BCUT2D eigenvalue weighted by atomic mass is 15.3. The maximum atomic E-state index is 4.38. The molecular formula is C13H17N3. The van der Waals surface area contributed by atoms with Crippen molar-refractivity contribution in [1.29, 1.82) is 0 Å². The van der Waals surface area contributed by atoms with Gasteiger partial charge < -0.3 is 5.32 Å². The van der Waals surface area contributed by atoms with E-state index in [4.69, 9.17) is 0 Å². The molecule has 2 aromatic rings. The van der Waals surface area contributed by atoms with Crippen LogP contribution < -0.4 is 5.32 Å². The lowest BCUT2D eigenvalue weighted by Crippen LogP contribution is -2.19. The largest absolute Gasteiger partial charge is 0.312 e. The summed E-state index contributed by atoms with van der Waals surface area (Å²) in [6, 6.07) is 12.6. The van der Waals surface area contributed by atoms with Gasteiger partial charge in [-0.3, -0.25) is 0 Å². The van der Waals surface area contributed by atoms with Crippen molar-refractivity contribution in [2.24, 2.45) is 0 Å². The minimum atomic E-state index is 0.350. The Hall–Kier alpha value is -1.61. The zero-order valence-electron chi connectivity index (χ0n) is 9.72. The summed E-state index contributed by atoms with van der Waals surface area (Å²) in [5.74, 6) is 0. The van der Waals surface area contributed by atoms with Crippen LogP contribution in [0.25, 0.3) is 5.69 Å². The number of benzene rings is 1. The van der Waals surface area contributed by atoms with E-state index in [0.717, 1.165) is 12.1 Å². The molecule has 84 valence electrons. The third kappa shape index (κ3) is 1.99. The summed E-state index contributed by atoms with van der Waals surface area (Å²) in [4.78, 5) is 0. The monoisotopic (exact) mass is 215 g/mol. The number of hydrogen-bond donors (Lipinski definition) is 1. The van der Waals surface area contributed by atoms with Crippen LogP contribution in [0.2, 0.25) is 0 Å². The molecule has 0 amide bonds. The van der Waals surface area contributed by atoms with Gasteiger partial charge in [-0.25, -0.2) is 4.68 Å². The first-order valence-electron chi connectivity index (χ1n) is 5.63. The van der Waals surface area contributed by atoms with Crippen LogP contribution >= 0.6 is 0 Å². The maximum absolute atomic E-state index is 4.38. The van der Waals surface area contributed by atoms with Gasteiger partial charge in [0.1, 0.15) is 0 Å². The fourth-order valence-electron chi connectivity index (χ4n) is 1.92. The summed E-state index contributed by atoms with van der Waals surface area (Å²) in [7, 11) is 1.98. The predicted molar refractivity (Wildman–Crippen MR) is 65.7 cm³/mol. The molecule has 0 fully saturated rings. The van der Waals surface area contributed by atoms with Gasteiger partial charge >= 0.3 is 0 Å². The molecule has 2 rings (SSSR count). The fourth-order valence-corrected chi connectivity index (χ4v) is 1.92. The molecule has 0 aliphatic rings. The zero-order valence-corrected chi connectivity index (χ0v) is 9.72. The topological polar surface area (TPSA) is 29.9 Å². The molecule has 0 aliphatic heterocycles. The van der Waals surface area contributed by atoms with E-state index in [-0.39, 0.29) is 0 Å². The molecule has 1 unspecified atom stereocenters. The van der Waals surface area contributed by atoms with Crippen molar-refractivity contribution < 1.29 is 0 Å². The molecule has 1 aromatic heterocycles. The maximum Gasteiger partial charge on any atom is 0.0649 e. The van der Waals surface area contributed by atoms with E-state index in [1.807, 2.05) is 36.1 Å². The van der Waals surface area contributed by atoms with Gasteiger partial charge in [-0.2, -0.15) is 5.10 Å². The second-order valence-electron chi connectivity index (χ2n) is 3.75. The van der Waals surface area contributed by atoms with Gasteiger partial charge in [0.05, 0.1) is 11.4 Å². The van der Waals surface area contributed by atoms with Gasteiger partial charge in [-0.05, 0) is 31.7 Å². The average molecular weight is 215 g/mol. The van der Waals surface area contributed by atoms with E-state index in [1.165, 1.54) is 5.69 Å². The Morgan fingerprint density at radius 3 is 2.62 bits per heavy atom. The Labute approximate surface area is 96.1 Å². The molecule has 1 atom stereocenters. The smallest absolute Gasteiger partial charge is 0.0649 e. The van der Waals surface area contributed by atoms with Crippen molar-refractivity contribution in [3.8, 4) is 5.69 Å². The van der Waals surface area contributed by atoms with Crippen molar-refractivity contribution in [1.82, 2.24) is 15.1 Å². The van der Waals surface area contributed by atoms with E-state index in [1.54, 1.807) is 0 Å². The summed E-state index contributed by atoms with van der Waals surface area (Å²) in [5.41, 5.74) is 2.31. The molecule has 16 heavy (non-hydrogen) atoms. The number of para-hydroxylation sites is 1. The Balaban J connectivity index is 2.40. The van der Waals surface area contributed by atoms with Crippen LogP contribution in [-0.2, 0) is 0 Å². The molecule has 1 N–H and O–H groups in total. The van der Waals surface area contributed by atoms with Crippen LogP contribution in [0.15, 0.2) is 42.6 Å². The third-order valence-electron chi connectivity index (χ3n) is 2.79. The Kier molecular flexibility index (Phi) is 3.37. The number of rotatable bonds is 4. The molecule has 1 heterocycles. The first-order valence-corrected chi connectivity index (χ1v) is 5.63. The summed E-state index contributed by atoms with van der Waals surface area (Å²) in [6.45, 7) is 2.17. The lowest BCUT2D eigenvalue weighted by atomic mass is 10.1. The van der Waals surface area contributed by atoms with Gasteiger partial charge in [0.25, 0.3) is 0 Å². The van der Waals surface area contributed by atoms with E-state index in [9.17, 15) is 0 Å². The molecule has 3 heteroatoms. The first kappa shape index (κ1) is 10.9. The summed E-state index contributed by atoms with van der Waals surface area (Å²) >= 11 is 0. The van der Waals surface area contributed by atoms with Gasteiger partial charge in [0.2, 0.25) is 0 Å². The third-order valence-corrected chi connectivity index (χ3v) is 2.79. The highest BCUT2D eigenvalue weighted by Crippen LogP contribution is 2.19. The van der Waals surface area contributed by atoms with Crippen LogP contribution in [-0.4, -0.2) is 16.8 Å². The highest BCUT2D eigenvalue weighted by Gasteiger charge is 2.12. The molecule has 0 radical (unpaired) electrons. The number of aromatic nitrogens is 2. The van der Waals surface area contributed by atoms with E-state index < -0.39 is 0 Å². The van der Waals surface area contributed by atoms with Crippen LogP contribution in [0.1, 0.15) is 25.1 Å². The zero-order chi connectivity index (χ0) is 11.4. The number of nitrogens with one attached hydrogen (secondary N) is 1. The van der Waals surface area contributed by atoms with Gasteiger partial charge in [-0.1, -0.05) is 25.1 Å². The first-order chi connectivity index (χ1) is 7.86. The fraction of sp³-hybridized carbons (Fsp3) is 0.308. The Bertz CT molecular complexity index is 429. The van der Waals surface area contributed by atoms with Crippen molar-refractivity contribution in [2.45, 2.75) is 19.4 Å². The average Bonchev–Trinajstić information content (AvgIpc) is 2.81. The normalized spacial score (nSPS) is 12.6. The second kappa shape index (κ2) is 4.94. The Morgan fingerprint density at radius 1 is 1.25 bits per heavy atom. The van der Waals surface area contributed by atoms with Crippen LogP contribution in [0.4, 0.5) is 0 Å². The Morgan fingerprint density at radius 2 is 2.00 bits per heavy atom. The summed E-state index contributed by atoms with van der Waals surface area (Å²) in [5, 5.41) is 7.68. The summed E-state index contributed by atoms with van der Waals surface area (Å²) < 4.78 is 1.99. The van der Waals surface area contributed by atoms with E-state index >= 15 is 0 Å². The molecule has 0 aliphatic carbocycles. The highest BCUT2D eigenvalue weighted by molar-refractivity contribution is 5.33. The van der Waals surface area contributed by atoms with Gasteiger partial charge in [0, 0.05) is 12.2 Å². The van der Waals surface area contributed by atoms with E-state index in [0.29, 0.717) is 6.04 Å². The van der Waals surface area contributed by atoms with Crippen LogP contribution in [0.5, 0.6) is 0 Å². The quantitative estimate of drug-likeness (QED) is 0.849. The minimum Gasteiger partial charge on any atom is -0.312 e. The van der Waals surface area contributed by atoms with Crippen molar-refractivity contribution in [3.63, 3.8) is 0 Å². The number of nitrogens with zero attached hydrogens (tertiary/aromatic N) is 2. The second-order valence-corrected chi connectivity index (χ2v) is 3.75. The summed E-state index contributed by atoms with van der Waals surface area (Å²) in [6.07, 6.45) is 2.90. The number of hydrogen-bond acceptors (Lipinski definition) is 2. The van der Waals surface area contributed by atoms with Gasteiger partial charge in [0.15, 0.2) is 0 Å². The minimum absolute atomic E-state index is 0.350. The molecule has 1 aromatic carbocycles. The standard InChI is InChI=1S/C13H17N3/c1-3-12(14-2)13-9-10-15-16(13)11-7-5-4-6-8-11/h4-10,12,14H,3H2,1-2H3. The van der Waals surface area contributed by atoms with Gasteiger partial charge in [-0.15, -0.1) is 0 Å². The van der Waals surface area contributed by atoms with E-state index in [2.05, 4.69) is 35.5 Å². The molecular weight excluding hydrogens is 198 g/mol. The molecule has 3 nitrogen and oxygen atoms in total. The van der Waals surface area contributed by atoms with Crippen molar-refractivity contribution in [3.05, 3.63) is 48.3 Å². The van der Waals surface area contributed by atoms with Crippen LogP contribution in [0, 0.1) is 0 Å². The SMILES string of the molecule is CCC(NC)c1ccnn1-c1ccccc1. The molecule has 0 saturated carbocycles. The molecule has 0 bridgehead atoms. The van der Waals surface area contributed by atoms with Crippen molar-refractivity contribution in [2.75, 3.05) is 7.05 Å².